The van der Waals surface area contributed by atoms with Crippen LogP contribution in [0, 0.1) is 17.8 Å². The fraction of sp³-hybridized carbons (Fsp3) is 0.500. The van der Waals surface area contributed by atoms with Crippen molar-refractivity contribution in [2.75, 3.05) is 26.2 Å². The summed E-state index contributed by atoms with van der Waals surface area (Å²) in [5.41, 5.74) is 0.886. The van der Waals surface area contributed by atoms with E-state index < -0.39 is 6.09 Å². The minimum Gasteiger partial charge on any atom is -0.389 e. The van der Waals surface area contributed by atoms with Crippen molar-refractivity contribution in [3.05, 3.63) is 46.3 Å². The maximum absolute atomic E-state index is 12.9. The van der Waals surface area contributed by atoms with Crippen molar-refractivity contribution in [3.63, 3.8) is 0 Å². The fourth-order valence-electron chi connectivity index (χ4n) is 4.24. The Labute approximate surface area is 187 Å². The number of ether oxygens (including phenoxy) is 1. The third-order valence-electron chi connectivity index (χ3n) is 5.75. The number of rotatable bonds is 6. The van der Waals surface area contributed by atoms with Gasteiger partial charge in [-0.05, 0) is 48.1 Å². The summed E-state index contributed by atoms with van der Waals surface area (Å²) in [6, 6.07) is 5.36. The van der Waals surface area contributed by atoms with Gasteiger partial charge < -0.3 is 19.1 Å². The van der Waals surface area contributed by atoms with Crippen LogP contribution in [0.25, 0.3) is 0 Å². The van der Waals surface area contributed by atoms with Crippen molar-refractivity contribution in [1.82, 2.24) is 19.4 Å². The molecule has 1 aliphatic carbocycles. The minimum absolute atomic E-state index is 0. The number of imidazole rings is 1. The Bertz CT molecular complexity index is 843. The number of carbonyl (C=O) groups is 1. The van der Waals surface area contributed by atoms with E-state index in [4.69, 9.17) is 27.9 Å². The van der Waals surface area contributed by atoms with Crippen molar-refractivity contribution in [2.24, 2.45) is 24.8 Å². The first-order chi connectivity index (χ1) is 13.4. The zero-order valence-electron chi connectivity index (χ0n) is 16.4. The van der Waals surface area contributed by atoms with E-state index in [0.717, 1.165) is 25.2 Å². The Hall–Kier alpha value is -1.47. The second-order valence-corrected chi connectivity index (χ2v) is 8.62. The molecule has 1 aromatic heterocycles. The van der Waals surface area contributed by atoms with E-state index in [-0.39, 0.29) is 12.4 Å². The first kappa shape index (κ1) is 22.2. The highest BCUT2D eigenvalue weighted by atomic mass is 35.5. The lowest BCUT2D eigenvalue weighted by atomic mass is 10.2. The molecule has 2 aliphatic rings. The number of amides is 1. The summed E-state index contributed by atoms with van der Waals surface area (Å²) in [4.78, 5) is 21.2. The normalized spacial score (nSPS) is 22.7. The first-order valence-corrected chi connectivity index (χ1v) is 10.3. The largest absolute Gasteiger partial charge is 0.416 e. The van der Waals surface area contributed by atoms with Crippen LogP contribution in [0.15, 0.2) is 30.7 Å². The van der Waals surface area contributed by atoms with Crippen molar-refractivity contribution in [2.45, 2.75) is 13.5 Å². The molecular formula is C20H25Cl3N4O2. The van der Waals surface area contributed by atoms with Gasteiger partial charge in [0.05, 0.1) is 12.5 Å². The average molecular weight is 460 g/mol. The van der Waals surface area contributed by atoms with Crippen LogP contribution in [0.5, 0.6) is 5.88 Å². The van der Waals surface area contributed by atoms with Crippen LogP contribution in [-0.2, 0) is 13.6 Å². The molecule has 1 aliphatic heterocycles. The molecule has 1 saturated carbocycles. The Morgan fingerprint density at radius 1 is 1.24 bits per heavy atom. The van der Waals surface area contributed by atoms with Gasteiger partial charge in [-0.1, -0.05) is 30.1 Å². The Balaban J connectivity index is 0.00000240. The van der Waals surface area contributed by atoms with Gasteiger partial charge in [-0.2, -0.15) is 0 Å². The summed E-state index contributed by atoms with van der Waals surface area (Å²) in [7, 11) is 1.83. The van der Waals surface area contributed by atoms with Crippen molar-refractivity contribution in [3.8, 4) is 5.88 Å². The van der Waals surface area contributed by atoms with Crippen LogP contribution in [-0.4, -0.2) is 51.6 Å². The van der Waals surface area contributed by atoms with Crippen LogP contribution in [0.2, 0.25) is 10.0 Å². The minimum atomic E-state index is -0.396. The molecule has 4 rings (SSSR count). The van der Waals surface area contributed by atoms with E-state index in [1.54, 1.807) is 28.1 Å². The smallest absolute Gasteiger partial charge is 0.389 e. The molecule has 2 heterocycles. The summed E-state index contributed by atoms with van der Waals surface area (Å²) in [5, 5.41) is 1.12. The predicted molar refractivity (Wildman–Crippen MR) is 116 cm³/mol. The molecule has 2 atom stereocenters. The number of hydrogen-bond donors (Lipinski definition) is 0. The number of carbonyl (C=O) groups excluding carboxylic acids is 1. The number of nitrogens with zero attached hydrogens (tertiary/aromatic N) is 4. The van der Waals surface area contributed by atoms with Gasteiger partial charge in [0.15, 0.2) is 0 Å². The second-order valence-electron chi connectivity index (χ2n) is 7.75. The highest BCUT2D eigenvalue weighted by Gasteiger charge is 2.55. The maximum Gasteiger partial charge on any atom is 0.416 e. The standard InChI is InChI=1S/C20H24Cl2N4O2.ClH/c1-3-25-8-16-17(9-25)18(16)10-26(7-13-4-14(21)6-15(22)5-13)20(27)28-19-11-24(2)12-23-19;/h4-6,11-12,16-18H,3,7-10H2,1-2H3;1H. The molecule has 0 spiro atoms. The van der Waals surface area contributed by atoms with E-state index in [1.807, 2.05) is 19.2 Å². The van der Waals surface area contributed by atoms with Crippen LogP contribution in [0.3, 0.4) is 0 Å². The second kappa shape index (κ2) is 9.13. The molecule has 158 valence electrons. The molecule has 9 heteroatoms. The maximum atomic E-state index is 12.9. The molecule has 6 nitrogen and oxygen atoms in total. The van der Waals surface area contributed by atoms with E-state index in [0.29, 0.717) is 46.8 Å². The monoisotopic (exact) mass is 458 g/mol. The summed E-state index contributed by atoms with van der Waals surface area (Å²) in [5.74, 6) is 2.17. The van der Waals surface area contributed by atoms with Crippen molar-refractivity contribution >= 4 is 41.7 Å². The Kier molecular flexibility index (Phi) is 6.99. The molecule has 2 unspecified atom stereocenters. The quantitative estimate of drug-likeness (QED) is 0.644. The molecule has 0 bridgehead atoms. The average Bonchev–Trinajstić information content (AvgIpc) is 2.98. The number of piperidine rings is 1. The SMILES string of the molecule is CCN1CC2C(C1)C2CN(Cc1cc(Cl)cc(Cl)c1)C(=O)Oc1cn(C)cn1.Cl. The highest BCUT2D eigenvalue weighted by Crippen LogP contribution is 2.52. The van der Waals surface area contributed by atoms with Gasteiger partial charge in [0.1, 0.15) is 0 Å². The van der Waals surface area contributed by atoms with E-state index in [9.17, 15) is 4.79 Å². The number of aryl methyl sites for hydroxylation is 1. The summed E-state index contributed by atoms with van der Waals surface area (Å²) < 4.78 is 7.25. The van der Waals surface area contributed by atoms with Crippen LogP contribution >= 0.6 is 35.6 Å². The van der Waals surface area contributed by atoms with Crippen LogP contribution in [0.1, 0.15) is 12.5 Å². The molecule has 2 aromatic rings. The van der Waals surface area contributed by atoms with E-state index >= 15 is 0 Å². The molecular weight excluding hydrogens is 435 g/mol. The van der Waals surface area contributed by atoms with Gasteiger partial charge in [0.25, 0.3) is 0 Å². The van der Waals surface area contributed by atoms with Crippen LogP contribution < -0.4 is 4.74 Å². The predicted octanol–water partition coefficient (Wildman–Crippen LogP) is 4.35. The number of aromatic nitrogens is 2. The van der Waals surface area contributed by atoms with Gasteiger partial charge in [0.2, 0.25) is 5.88 Å². The molecule has 1 amide bonds. The van der Waals surface area contributed by atoms with Crippen molar-refractivity contribution in [1.29, 1.82) is 0 Å². The topological polar surface area (TPSA) is 50.6 Å². The molecule has 2 fully saturated rings. The first-order valence-electron chi connectivity index (χ1n) is 9.55. The molecule has 1 saturated heterocycles. The van der Waals surface area contributed by atoms with Gasteiger partial charge in [0, 0.05) is 43.3 Å². The Morgan fingerprint density at radius 2 is 1.90 bits per heavy atom. The van der Waals surface area contributed by atoms with Crippen LogP contribution in [0.4, 0.5) is 4.79 Å². The van der Waals surface area contributed by atoms with Gasteiger partial charge in [-0.15, -0.1) is 12.4 Å². The molecule has 29 heavy (non-hydrogen) atoms. The number of benzene rings is 1. The summed E-state index contributed by atoms with van der Waals surface area (Å²) in [6.07, 6.45) is 2.89. The van der Waals surface area contributed by atoms with Crippen molar-refractivity contribution < 1.29 is 9.53 Å². The Morgan fingerprint density at radius 3 is 2.45 bits per heavy atom. The molecule has 0 radical (unpaired) electrons. The zero-order valence-corrected chi connectivity index (χ0v) is 18.8. The highest BCUT2D eigenvalue weighted by molar-refractivity contribution is 6.34. The van der Waals surface area contributed by atoms with Gasteiger partial charge >= 0.3 is 6.09 Å². The summed E-state index contributed by atoms with van der Waals surface area (Å²) in [6.45, 7) is 6.60. The number of hydrogen-bond acceptors (Lipinski definition) is 4. The van der Waals surface area contributed by atoms with E-state index in [2.05, 4.69) is 16.8 Å². The van der Waals surface area contributed by atoms with Gasteiger partial charge in [-0.3, -0.25) is 0 Å². The zero-order chi connectivity index (χ0) is 19.8. The number of likely N-dealkylation sites (tertiary alicyclic amines) is 1. The number of halogens is 3. The lowest BCUT2D eigenvalue weighted by molar-refractivity contribution is 0.141. The third kappa shape index (κ3) is 5.18. The molecule has 0 N–H and O–H groups in total. The van der Waals surface area contributed by atoms with Gasteiger partial charge in [-0.25, -0.2) is 9.78 Å². The van der Waals surface area contributed by atoms with E-state index in [1.165, 1.54) is 0 Å². The third-order valence-corrected chi connectivity index (χ3v) is 6.19. The lowest BCUT2D eigenvalue weighted by Crippen LogP contribution is -2.36. The lowest BCUT2D eigenvalue weighted by Gasteiger charge is -2.24. The number of fused-ring (bicyclic) bond motifs is 1. The summed E-state index contributed by atoms with van der Waals surface area (Å²) >= 11 is 12.3. The molecule has 1 aromatic carbocycles. The fourth-order valence-corrected chi connectivity index (χ4v) is 4.81.